The Balaban J connectivity index is 1.46. The summed E-state index contributed by atoms with van der Waals surface area (Å²) in [4.78, 5) is 17.6. The quantitative estimate of drug-likeness (QED) is 0.461. The van der Waals surface area contributed by atoms with E-state index >= 15 is 0 Å². The van der Waals surface area contributed by atoms with E-state index in [0.717, 1.165) is 23.7 Å². The van der Waals surface area contributed by atoms with Gasteiger partial charge in [-0.2, -0.15) is 0 Å². The molecule has 1 aliphatic carbocycles. The smallest absolute Gasteiger partial charge is 0.258 e. The lowest BCUT2D eigenvalue weighted by atomic mass is 10.2. The van der Waals surface area contributed by atoms with Crippen molar-refractivity contribution in [3.8, 4) is 11.4 Å². The topological polar surface area (TPSA) is 65.1 Å². The summed E-state index contributed by atoms with van der Waals surface area (Å²) >= 11 is 2.93. The number of hydrogen-bond donors (Lipinski definition) is 0. The van der Waals surface area contributed by atoms with E-state index in [1.54, 1.807) is 28.7 Å². The van der Waals surface area contributed by atoms with Crippen molar-refractivity contribution in [2.24, 2.45) is 0 Å². The lowest BCUT2D eigenvalue weighted by molar-refractivity contribution is 0.622. The number of aromatic nitrogens is 5. The first-order valence-corrected chi connectivity index (χ1v) is 10.8. The number of nitrogens with zero attached hydrogens (tertiary/aromatic N) is 5. The van der Waals surface area contributed by atoms with Crippen LogP contribution >= 0.6 is 23.1 Å². The summed E-state index contributed by atoms with van der Waals surface area (Å²) in [6.45, 7) is 1.89. The summed E-state index contributed by atoms with van der Waals surface area (Å²) in [5.41, 5.74) is 1.98. The van der Waals surface area contributed by atoms with Crippen LogP contribution < -0.4 is 5.56 Å². The number of aryl methyl sites for hydroxylation is 1. The highest BCUT2D eigenvalue weighted by atomic mass is 32.2. The fourth-order valence-corrected chi connectivity index (χ4v) is 4.97. The molecule has 0 bridgehead atoms. The zero-order valence-corrected chi connectivity index (χ0v) is 16.6. The van der Waals surface area contributed by atoms with E-state index < -0.39 is 0 Å². The molecule has 0 saturated heterocycles. The number of thioether (sulfide) groups is 1. The van der Waals surface area contributed by atoms with Crippen LogP contribution in [0.2, 0.25) is 0 Å². The minimum absolute atomic E-state index is 0.0740. The summed E-state index contributed by atoms with van der Waals surface area (Å²) in [7, 11) is 0. The summed E-state index contributed by atoms with van der Waals surface area (Å²) in [5, 5.41) is 11.2. The molecule has 0 radical (unpaired) electrons. The van der Waals surface area contributed by atoms with Crippen LogP contribution in [0.5, 0.6) is 0 Å². The number of halogens is 1. The molecule has 6 nitrogen and oxygen atoms in total. The normalized spacial score (nSPS) is 14.1. The highest BCUT2D eigenvalue weighted by Crippen LogP contribution is 2.41. The number of hydrogen-bond acceptors (Lipinski definition) is 6. The molecule has 1 aliphatic rings. The van der Waals surface area contributed by atoms with E-state index in [4.69, 9.17) is 0 Å². The molecule has 1 aromatic carbocycles. The SMILES string of the molecule is Cc1csc2nc(CSc3nnc(-c4ccccc4F)n3C3CC3)cc(=O)n12. The van der Waals surface area contributed by atoms with Gasteiger partial charge in [-0.3, -0.25) is 13.8 Å². The minimum Gasteiger partial charge on any atom is -0.299 e. The van der Waals surface area contributed by atoms with Gasteiger partial charge in [-0.1, -0.05) is 23.9 Å². The van der Waals surface area contributed by atoms with Gasteiger partial charge < -0.3 is 0 Å². The van der Waals surface area contributed by atoms with Crippen molar-refractivity contribution >= 4 is 28.1 Å². The highest BCUT2D eigenvalue weighted by molar-refractivity contribution is 7.98. The molecule has 3 heterocycles. The van der Waals surface area contributed by atoms with Crippen LogP contribution in [-0.4, -0.2) is 24.1 Å². The zero-order chi connectivity index (χ0) is 19.3. The predicted molar refractivity (Wildman–Crippen MR) is 107 cm³/mol. The Hall–Kier alpha value is -2.52. The monoisotopic (exact) mass is 413 g/mol. The van der Waals surface area contributed by atoms with E-state index in [9.17, 15) is 9.18 Å². The Morgan fingerprint density at radius 3 is 2.89 bits per heavy atom. The Morgan fingerprint density at radius 2 is 2.11 bits per heavy atom. The van der Waals surface area contributed by atoms with Gasteiger partial charge in [0.1, 0.15) is 5.82 Å². The first kappa shape index (κ1) is 17.6. The van der Waals surface area contributed by atoms with Gasteiger partial charge in [0, 0.05) is 28.9 Å². The maximum Gasteiger partial charge on any atom is 0.258 e. The molecule has 9 heteroatoms. The van der Waals surface area contributed by atoms with Crippen LogP contribution in [0.3, 0.4) is 0 Å². The number of rotatable bonds is 5. The average Bonchev–Trinajstić information content (AvgIpc) is 3.32. The standard InChI is InChI=1S/C19H16FN5OS2/c1-11-9-27-18-21-12(8-16(26)24(11)18)10-28-19-23-22-17(25(19)13-6-7-13)14-4-2-3-5-15(14)20/h2-5,8-9,13H,6-7,10H2,1H3. The van der Waals surface area contributed by atoms with E-state index in [1.807, 2.05) is 16.9 Å². The lowest BCUT2D eigenvalue weighted by Crippen LogP contribution is -2.14. The van der Waals surface area contributed by atoms with Crippen molar-refractivity contribution in [2.45, 2.75) is 36.7 Å². The largest absolute Gasteiger partial charge is 0.299 e. The Morgan fingerprint density at radius 1 is 1.29 bits per heavy atom. The van der Waals surface area contributed by atoms with Crippen molar-refractivity contribution < 1.29 is 4.39 Å². The van der Waals surface area contributed by atoms with Crippen LogP contribution in [0, 0.1) is 12.7 Å². The van der Waals surface area contributed by atoms with Gasteiger partial charge in [-0.25, -0.2) is 9.37 Å². The number of fused-ring (bicyclic) bond motifs is 1. The molecule has 3 aromatic heterocycles. The third kappa shape index (κ3) is 3.04. The zero-order valence-electron chi connectivity index (χ0n) is 15.0. The maximum atomic E-state index is 14.3. The molecule has 0 aliphatic heterocycles. The summed E-state index contributed by atoms with van der Waals surface area (Å²) in [6.07, 6.45) is 2.07. The molecular weight excluding hydrogens is 397 g/mol. The molecule has 1 fully saturated rings. The second-order valence-electron chi connectivity index (χ2n) is 6.76. The predicted octanol–water partition coefficient (Wildman–Crippen LogP) is 4.09. The van der Waals surface area contributed by atoms with Crippen LogP contribution in [0.4, 0.5) is 4.39 Å². The van der Waals surface area contributed by atoms with Crippen LogP contribution in [-0.2, 0) is 5.75 Å². The Kier molecular flexibility index (Phi) is 4.28. The van der Waals surface area contributed by atoms with Gasteiger partial charge in [0.25, 0.3) is 5.56 Å². The average molecular weight is 414 g/mol. The lowest BCUT2D eigenvalue weighted by Gasteiger charge is -2.09. The van der Waals surface area contributed by atoms with Crippen molar-refractivity contribution in [2.75, 3.05) is 0 Å². The molecule has 0 N–H and O–H groups in total. The molecule has 1 saturated carbocycles. The number of thiazole rings is 1. The van der Waals surface area contributed by atoms with E-state index in [-0.39, 0.29) is 11.4 Å². The van der Waals surface area contributed by atoms with Gasteiger partial charge in [0.2, 0.25) is 0 Å². The highest BCUT2D eigenvalue weighted by Gasteiger charge is 2.31. The molecule has 0 atom stereocenters. The van der Waals surface area contributed by atoms with Crippen molar-refractivity contribution in [3.05, 3.63) is 63.3 Å². The second-order valence-corrected chi connectivity index (χ2v) is 8.54. The van der Waals surface area contributed by atoms with Gasteiger partial charge in [0.05, 0.1) is 11.3 Å². The van der Waals surface area contributed by atoms with Gasteiger partial charge in [0.15, 0.2) is 15.9 Å². The third-order valence-corrected chi connectivity index (χ3v) is 6.59. The molecule has 142 valence electrons. The fourth-order valence-electron chi connectivity index (χ4n) is 3.18. The third-order valence-electron chi connectivity index (χ3n) is 4.67. The molecule has 0 spiro atoms. The van der Waals surface area contributed by atoms with Crippen LogP contribution in [0.1, 0.15) is 30.3 Å². The summed E-state index contributed by atoms with van der Waals surface area (Å²) < 4.78 is 17.9. The molecule has 5 rings (SSSR count). The van der Waals surface area contributed by atoms with Crippen molar-refractivity contribution in [1.29, 1.82) is 0 Å². The van der Waals surface area contributed by atoms with Gasteiger partial charge >= 0.3 is 0 Å². The minimum atomic E-state index is -0.304. The van der Waals surface area contributed by atoms with Gasteiger partial charge in [-0.15, -0.1) is 21.5 Å². The first-order valence-electron chi connectivity index (χ1n) is 8.91. The molecular formula is C19H16FN5OS2. The molecule has 0 amide bonds. The summed E-state index contributed by atoms with van der Waals surface area (Å²) in [5.74, 6) is 0.757. The summed E-state index contributed by atoms with van der Waals surface area (Å²) in [6, 6.07) is 8.49. The van der Waals surface area contributed by atoms with E-state index in [0.29, 0.717) is 33.8 Å². The van der Waals surface area contributed by atoms with E-state index in [2.05, 4.69) is 15.2 Å². The first-order chi connectivity index (χ1) is 13.6. The fraction of sp³-hybridized carbons (Fsp3) is 0.263. The molecule has 4 aromatic rings. The van der Waals surface area contributed by atoms with Crippen LogP contribution in [0.15, 0.2) is 45.7 Å². The second kappa shape index (κ2) is 6.82. The Labute approximate surface area is 168 Å². The van der Waals surface area contributed by atoms with Crippen LogP contribution in [0.25, 0.3) is 16.3 Å². The Bertz CT molecular complexity index is 1240. The molecule has 28 heavy (non-hydrogen) atoms. The van der Waals surface area contributed by atoms with E-state index in [1.165, 1.54) is 29.2 Å². The molecule has 0 unspecified atom stereocenters. The van der Waals surface area contributed by atoms with Gasteiger partial charge in [-0.05, 0) is 31.9 Å². The maximum absolute atomic E-state index is 14.3. The van der Waals surface area contributed by atoms with Crippen molar-refractivity contribution in [1.82, 2.24) is 24.1 Å². The van der Waals surface area contributed by atoms with Crippen molar-refractivity contribution in [3.63, 3.8) is 0 Å². The number of benzene rings is 1.